The van der Waals surface area contributed by atoms with E-state index in [0.29, 0.717) is 57.7 Å². The van der Waals surface area contributed by atoms with Crippen molar-refractivity contribution in [3.05, 3.63) is 213 Å². The molecule has 824 valence electrons. The van der Waals surface area contributed by atoms with Crippen LogP contribution in [0.25, 0.3) is 0 Å². The summed E-state index contributed by atoms with van der Waals surface area (Å²) in [7, 11) is -12.5. The lowest BCUT2D eigenvalue weighted by molar-refractivity contribution is -0.159. The number of alkyl halides is 6. The van der Waals surface area contributed by atoms with E-state index < -0.39 is 70.3 Å². The Labute approximate surface area is 882 Å². The molecule has 4 saturated heterocycles. The Morgan fingerprint density at radius 1 is 0.289 bits per heavy atom. The Morgan fingerprint density at radius 2 is 0.470 bits per heavy atom. The molecular formula is C112H160B4F6O25S2. The van der Waals surface area contributed by atoms with E-state index >= 15 is 0 Å². The van der Waals surface area contributed by atoms with Gasteiger partial charge < -0.3 is 69.3 Å². The van der Waals surface area contributed by atoms with Crippen LogP contribution in [0.2, 0.25) is 0 Å². The zero-order chi connectivity index (χ0) is 110. The number of allylic oxidation sites excluding steroid dienone is 12. The molecule has 0 N–H and O–H groups in total. The quantitative estimate of drug-likeness (QED) is 0.0122. The van der Waals surface area contributed by atoms with E-state index in [1.54, 1.807) is 39.8 Å². The van der Waals surface area contributed by atoms with Crippen molar-refractivity contribution in [1.29, 1.82) is 0 Å². The maximum absolute atomic E-state index is 12.8. The van der Waals surface area contributed by atoms with Gasteiger partial charge in [-0.3, -0.25) is 28.8 Å². The number of Topliss-reactive ketones (excluding diaryl/α,β-unsaturated/α-hetero) is 1. The summed E-state index contributed by atoms with van der Waals surface area (Å²) in [6.07, 6.45) is 24.8. The molecule has 37 heteroatoms. The number of hydrogen-bond donors (Lipinski definition) is 0. The summed E-state index contributed by atoms with van der Waals surface area (Å²) in [5.74, 6) is -1.47. The number of rotatable bonds is 29. The Kier molecular flexibility index (Phi) is 42.7. The van der Waals surface area contributed by atoms with Crippen LogP contribution in [0, 0.1) is 32.5 Å². The predicted octanol–water partition coefficient (Wildman–Crippen LogP) is 25.9. The molecule has 0 saturated carbocycles. The predicted molar refractivity (Wildman–Crippen MR) is 563 cm³/mol. The van der Waals surface area contributed by atoms with Crippen molar-refractivity contribution in [2.24, 2.45) is 32.5 Å². The second kappa shape index (κ2) is 50.7. The first-order valence-corrected chi connectivity index (χ1v) is 54.8. The zero-order valence-electron chi connectivity index (χ0n) is 91.1. The van der Waals surface area contributed by atoms with Gasteiger partial charge in [-0.2, -0.15) is 43.2 Å². The van der Waals surface area contributed by atoms with E-state index in [2.05, 4.69) is 171 Å². The van der Waals surface area contributed by atoms with E-state index in [1.165, 1.54) is 17.6 Å². The van der Waals surface area contributed by atoms with Crippen LogP contribution >= 0.6 is 0 Å². The molecule has 0 amide bonds. The highest BCUT2D eigenvalue weighted by Crippen LogP contribution is 2.52. The van der Waals surface area contributed by atoms with Gasteiger partial charge in [0.1, 0.15) is 43.7 Å². The fourth-order valence-corrected chi connectivity index (χ4v) is 19.8. The normalized spacial score (nSPS) is 25.7. The van der Waals surface area contributed by atoms with Crippen LogP contribution in [-0.4, -0.2) is 143 Å². The third-order valence-corrected chi connectivity index (χ3v) is 35.1. The average Bonchev–Trinajstić information content (AvgIpc) is 1.63. The largest absolute Gasteiger partial charge is 0.534 e. The first-order valence-electron chi connectivity index (χ1n) is 52.0. The van der Waals surface area contributed by atoms with E-state index in [9.17, 15) is 71.9 Å². The monoisotopic (exact) mass is 2130 g/mol. The van der Waals surface area contributed by atoms with Crippen molar-refractivity contribution in [3.63, 3.8) is 0 Å². The van der Waals surface area contributed by atoms with Crippen LogP contribution in [0.5, 0.6) is 0 Å². The molecule has 4 fully saturated rings. The average molecular weight is 2130 g/mol. The zero-order valence-corrected chi connectivity index (χ0v) is 92.8. The number of benzene rings is 4. The lowest BCUT2D eigenvalue weighted by atomic mass is 9.63. The molecule has 6 aliphatic carbocycles. The number of ketones is 1. The van der Waals surface area contributed by atoms with Crippen LogP contribution < -0.4 is 0 Å². The van der Waals surface area contributed by atoms with Crippen molar-refractivity contribution in [1.82, 2.24) is 0 Å². The number of carbonyl (C=O) groups is 6. The second-order valence-corrected chi connectivity index (χ2v) is 47.4. The van der Waals surface area contributed by atoms with Crippen LogP contribution in [0.1, 0.15) is 350 Å². The van der Waals surface area contributed by atoms with E-state index in [4.69, 9.17) is 60.9 Å². The molecular weight excluding hydrogens is 1970 g/mol. The number of hydrogen-bond acceptors (Lipinski definition) is 25. The molecule has 4 aromatic carbocycles. The Hall–Kier alpha value is -8.64. The van der Waals surface area contributed by atoms with Gasteiger partial charge in [-0.15, -0.1) is 0 Å². The highest BCUT2D eigenvalue weighted by atomic mass is 32.2. The van der Waals surface area contributed by atoms with Crippen molar-refractivity contribution < 1.29 is 141 Å². The number of halogens is 6. The van der Waals surface area contributed by atoms with Crippen molar-refractivity contribution in [2.45, 2.75) is 410 Å². The molecule has 0 spiro atoms. The molecule has 4 heterocycles. The molecule has 0 radical (unpaired) electrons. The van der Waals surface area contributed by atoms with Gasteiger partial charge >= 0.3 is 89.6 Å². The first kappa shape index (κ1) is 126. The minimum absolute atomic E-state index is 0. The van der Waals surface area contributed by atoms with Gasteiger partial charge in [0, 0.05) is 18.3 Å². The van der Waals surface area contributed by atoms with Crippen molar-refractivity contribution in [2.75, 3.05) is 6.61 Å². The molecule has 0 bridgehead atoms. The minimum Gasteiger partial charge on any atom is -0.466 e. The smallest absolute Gasteiger partial charge is 0.466 e. The summed E-state index contributed by atoms with van der Waals surface area (Å²) in [4.78, 5) is 74.8. The van der Waals surface area contributed by atoms with Crippen LogP contribution in [0.4, 0.5) is 26.3 Å². The second-order valence-electron chi connectivity index (χ2n) is 44.3. The van der Waals surface area contributed by atoms with E-state index in [0.717, 1.165) is 122 Å². The first-order chi connectivity index (χ1) is 68.9. The molecule has 25 nitrogen and oxygen atoms in total. The molecule has 10 aliphatic rings. The van der Waals surface area contributed by atoms with E-state index in [1.807, 2.05) is 109 Å². The SMILES string of the molecule is C.CCC1(C(=O)OCc2ccccc2)CC=C(B2OC(C)(C)C(C)(C)O2)CC1.CCC1(C(=O)OCc2ccccc2)CC=C(OS(=O)(=O)C(F)(F)F)CC1.CCC1(C(C)=O)CC=C(B2OC(C)(C)C(C)(C)O2)CC1.CCOC(=O)C1(CC)CC=C(OS(=O)(=O)C(F)(F)F)CC1.CC[C@@]1(C(=O)OCc2ccccc2)CC=C(B2OC(C)(C)C(C)(C)O2)CC1.CC[C@]1(C(=O)OCc2ccccc2)CC=C(B2OC(C)(C)C(C)(C)O2)CC1. The molecule has 4 aliphatic heterocycles. The van der Waals surface area contributed by atoms with Gasteiger partial charge in [-0.05, 0) is 322 Å². The summed E-state index contributed by atoms with van der Waals surface area (Å²) >= 11 is 0. The van der Waals surface area contributed by atoms with Gasteiger partial charge in [0.15, 0.2) is 0 Å². The maximum Gasteiger partial charge on any atom is 0.534 e. The lowest BCUT2D eigenvalue weighted by Crippen LogP contribution is -2.41. The maximum atomic E-state index is 12.8. The third-order valence-electron chi connectivity index (χ3n) is 33.1. The Balaban J connectivity index is 0.000000218. The highest BCUT2D eigenvalue weighted by Gasteiger charge is 2.60. The standard InChI is InChI=1S/3C22H31BO4.C17H19F3O5S.C16H27BO3.C12H17F3O5S.CH4/c3*1-6-22(19(24)25-16-17-10-8-7-9-11-17)14-12-18(13-15-22)23-26-20(2,3)21(4,5)27-23;1-2-16(15(21)24-12-13-6-4-3-5-7-13)10-8-14(9-11-16)25-26(22,23)17(18,19)20;1-7-16(12(2)18)10-8-13(9-11-16)17-19-14(3,4)15(5,6)20-17;1-3-11(10(16)19-4-2)7-5-9(6-8-11)20-21(17,18)12(13,14)15;/h3*7-12H,6,13-16H2,1-5H3;3-8H,2,9-12H2,1H3;8H,7,9-11H2,1-6H3;5H,3-4,6-8H2,1-2H3;1H4/t2*22-;;;;;/m10...../s1. The van der Waals surface area contributed by atoms with Crippen LogP contribution in [-0.2, 0) is 145 Å². The van der Waals surface area contributed by atoms with Gasteiger partial charge in [-0.25, -0.2) is 0 Å². The van der Waals surface area contributed by atoms with Gasteiger partial charge in [0.2, 0.25) is 0 Å². The Bertz CT molecular complexity index is 5270. The van der Waals surface area contributed by atoms with Gasteiger partial charge in [0.05, 0.1) is 78.5 Å². The molecule has 14 rings (SSSR count). The number of carbonyl (C=O) groups excluding carboxylic acids is 6. The van der Waals surface area contributed by atoms with Gasteiger partial charge in [-0.1, -0.05) is 195 Å². The van der Waals surface area contributed by atoms with Crippen LogP contribution in [0.3, 0.4) is 0 Å². The topological polar surface area (TPSA) is 309 Å². The lowest BCUT2D eigenvalue weighted by Gasteiger charge is -2.33. The summed E-state index contributed by atoms with van der Waals surface area (Å²) in [6.45, 7) is 49.6. The fourth-order valence-electron chi connectivity index (χ4n) is 18.7. The highest BCUT2D eigenvalue weighted by molar-refractivity contribution is 7.88. The van der Waals surface area contributed by atoms with E-state index in [-0.39, 0.29) is 167 Å². The summed E-state index contributed by atoms with van der Waals surface area (Å²) in [6, 6.07) is 38.5. The number of ether oxygens (including phenoxy) is 5. The molecule has 4 unspecified atom stereocenters. The summed E-state index contributed by atoms with van der Waals surface area (Å²) < 4.78 is 202. The molecule has 149 heavy (non-hydrogen) atoms. The number of esters is 5. The molecule has 6 atom stereocenters. The van der Waals surface area contributed by atoms with Gasteiger partial charge in [0.25, 0.3) is 0 Å². The molecule has 4 aromatic rings. The Morgan fingerprint density at radius 3 is 0.624 bits per heavy atom. The van der Waals surface area contributed by atoms with Crippen molar-refractivity contribution >= 4 is 84.3 Å². The van der Waals surface area contributed by atoms with Crippen LogP contribution in [0.15, 0.2) is 191 Å². The third kappa shape index (κ3) is 30.8. The molecule has 0 aromatic heterocycles. The van der Waals surface area contributed by atoms with Crippen molar-refractivity contribution in [3.8, 4) is 0 Å². The fraction of sp³-hybridized carbons (Fsp3) is 0.625. The minimum atomic E-state index is -5.69. The summed E-state index contributed by atoms with van der Waals surface area (Å²) in [5, 5.41) is 0. The summed E-state index contributed by atoms with van der Waals surface area (Å²) in [5.41, 5.74) is -8.29.